The summed E-state index contributed by atoms with van der Waals surface area (Å²) in [6, 6.07) is 8.83. The first kappa shape index (κ1) is 15.3. The van der Waals surface area contributed by atoms with Crippen molar-refractivity contribution in [2.45, 2.75) is 32.2 Å². The van der Waals surface area contributed by atoms with Crippen LogP contribution in [0.25, 0.3) is 0 Å². The van der Waals surface area contributed by atoms with Crippen LogP contribution in [0.4, 0.5) is 5.69 Å². The standard InChI is InChI=1S/C18H19NO4/c1-12-14(10-11-23-12)17(20)19(13-6-5-7-13)16-9-4-3-8-15(16)18(21)22-2/h3-4,8-11,13H,5-7H2,1-2H3. The van der Waals surface area contributed by atoms with E-state index in [1.807, 2.05) is 6.07 Å². The molecule has 0 unspecified atom stereocenters. The molecule has 1 fully saturated rings. The molecule has 1 heterocycles. The number of carbonyl (C=O) groups is 2. The fourth-order valence-corrected chi connectivity index (χ4v) is 2.82. The van der Waals surface area contributed by atoms with E-state index < -0.39 is 5.97 Å². The maximum atomic E-state index is 13.0. The van der Waals surface area contributed by atoms with E-state index in [1.54, 1.807) is 36.1 Å². The van der Waals surface area contributed by atoms with Crippen molar-refractivity contribution in [1.29, 1.82) is 0 Å². The van der Waals surface area contributed by atoms with Gasteiger partial charge in [0.25, 0.3) is 5.91 Å². The van der Waals surface area contributed by atoms with Crippen LogP contribution in [0.5, 0.6) is 0 Å². The zero-order valence-electron chi connectivity index (χ0n) is 13.2. The van der Waals surface area contributed by atoms with Crippen LogP contribution in [-0.4, -0.2) is 25.0 Å². The van der Waals surface area contributed by atoms with E-state index in [0.717, 1.165) is 19.3 Å². The second-order valence-electron chi connectivity index (χ2n) is 5.66. The lowest BCUT2D eigenvalue weighted by atomic mass is 9.90. The summed E-state index contributed by atoms with van der Waals surface area (Å²) in [4.78, 5) is 26.8. The van der Waals surface area contributed by atoms with Gasteiger partial charge in [0.15, 0.2) is 0 Å². The van der Waals surface area contributed by atoms with Crippen LogP contribution in [0.2, 0.25) is 0 Å². The molecule has 0 aliphatic heterocycles. The van der Waals surface area contributed by atoms with Crippen LogP contribution in [-0.2, 0) is 4.74 Å². The number of amides is 1. The van der Waals surface area contributed by atoms with E-state index in [0.29, 0.717) is 22.6 Å². The van der Waals surface area contributed by atoms with Gasteiger partial charge in [-0.05, 0) is 44.4 Å². The van der Waals surface area contributed by atoms with Crippen LogP contribution < -0.4 is 4.90 Å². The number of furan rings is 1. The average molecular weight is 313 g/mol. The van der Waals surface area contributed by atoms with Gasteiger partial charge in [0.1, 0.15) is 5.76 Å². The van der Waals surface area contributed by atoms with Gasteiger partial charge in [-0.1, -0.05) is 12.1 Å². The number of hydrogen-bond acceptors (Lipinski definition) is 4. The Hall–Kier alpha value is -2.56. The third-order valence-electron chi connectivity index (χ3n) is 4.32. The number of carbonyl (C=O) groups excluding carboxylic acids is 2. The molecule has 1 amide bonds. The van der Waals surface area contributed by atoms with Gasteiger partial charge < -0.3 is 14.1 Å². The molecule has 2 aromatic rings. The highest BCUT2D eigenvalue weighted by atomic mass is 16.5. The number of nitrogens with zero attached hydrogens (tertiary/aromatic N) is 1. The van der Waals surface area contributed by atoms with Gasteiger partial charge in [0.05, 0.1) is 30.2 Å². The number of esters is 1. The number of anilines is 1. The molecule has 0 saturated heterocycles. The Morgan fingerprint density at radius 3 is 2.48 bits per heavy atom. The van der Waals surface area contributed by atoms with E-state index in [-0.39, 0.29) is 11.9 Å². The second kappa shape index (κ2) is 6.28. The molecule has 0 radical (unpaired) electrons. The van der Waals surface area contributed by atoms with E-state index in [4.69, 9.17) is 9.15 Å². The molecular weight excluding hydrogens is 294 g/mol. The van der Waals surface area contributed by atoms with Crippen molar-refractivity contribution in [2.75, 3.05) is 12.0 Å². The van der Waals surface area contributed by atoms with Gasteiger partial charge in [-0.3, -0.25) is 4.79 Å². The highest BCUT2D eigenvalue weighted by molar-refractivity contribution is 6.10. The molecule has 1 aromatic heterocycles. The first-order valence-corrected chi connectivity index (χ1v) is 7.68. The summed E-state index contributed by atoms with van der Waals surface area (Å²) in [6.45, 7) is 1.76. The minimum Gasteiger partial charge on any atom is -0.469 e. The number of ether oxygens (including phenoxy) is 1. The highest BCUT2D eigenvalue weighted by Gasteiger charge is 2.34. The molecular formula is C18H19NO4. The predicted octanol–water partition coefficient (Wildman–Crippen LogP) is 3.57. The van der Waals surface area contributed by atoms with Crippen LogP contribution in [0, 0.1) is 6.92 Å². The summed E-state index contributed by atoms with van der Waals surface area (Å²) in [5.41, 5.74) is 1.52. The lowest BCUT2D eigenvalue weighted by Crippen LogP contribution is -2.45. The molecule has 1 saturated carbocycles. The highest BCUT2D eigenvalue weighted by Crippen LogP contribution is 2.34. The molecule has 3 rings (SSSR count). The van der Waals surface area contributed by atoms with E-state index in [1.165, 1.54) is 13.4 Å². The first-order valence-electron chi connectivity index (χ1n) is 7.68. The minimum atomic E-state index is -0.443. The monoisotopic (exact) mass is 313 g/mol. The van der Waals surface area contributed by atoms with E-state index in [9.17, 15) is 9.59 Å². The Morgan fingerprint density at radius 1 is 1.17 bits per heavy atom. The predicted molar refractivity (Wildman–Crippen MR) is 85.7 cm³/mol. The molecule has 5 heteroatoms. The Balaban J connectivity index is 2.06. The Bertz CT molecular complexity index is 730. The van der Waals surface area contributed by atoms with Crippen molar-refractivity contribution in [3.8, 4) is 0 Å². The van der Waals surface area contributed by atoms with Crippen molar-refractivity contribution in [1.82, 2.24) is 0 Å². The Morgan fingerprint density at radius 2 is 1.91 bits per heavy atom. The quantitative estimate of drug-likeness (QED) is 0.810. The van der Waals surface area contributed by atoms with Crippen LogP contribution in [0.1, 0.15) is 45.7 Å². The van der Waals surface area contributed by atoms with Crippen LogP contribution in [0.15, 0.2) is 41.0 Å². The zero-order chi connectivity index (χ0) is 16.4. The maximum absolute atomic E-state index is 13.0. The van der Waals surface area contributed by atoms with Gasteiger partial charge in [-0.25, -0.2) is 4.79 Å². The largest absolute Gasteiger partial charge is 0.469 e. The Labute approximate surface area is 134 Å². The molecule has 1 aromatic carbocycles. The SMILES string of the molecule is COC(=O)c1ccccc1N(C(=O)c1ccoc1C)C1CCC1. The molecule has 1 aliphatic rings. The van der Waals surface area contributed by atoms with Crippen molar-refractivity contribution in [3.63, 3.8) is 0 Å². The van der Waals surface area contributed by atoms with E-state index in [2.05, 4.69) is 0 Å². The number of aryl methyl sites for hydroxylation is 1. The van der Waals surface area contributed by atoms with Crippen molar-refractivity contribution in [2.24, 2.45) is 0 Å². The Kier molecular flexibility index (Phi) is 4.19. The fraction of sp³-hybridized carbons (Fsp3) is 0.333. The number of rotatable bonds is 4. The lowest BCUT2D eigenvalue weighted by Gasteiger charge is -2.38. The second-order valence-corrected chi connectivity index (χ2v) is 5.66. The molecule has 0 atom stereocenters. The lowest BCUT2D eigenvalue weighted by molar-refractivity contribution is 0.0601. The molecule has 1 aliphatic carbocycles. The number of para-hydroxylation sites is 1. The number of benzene rings is 1. The van der Waals surface area contributed by atoms with Crippen molar-refractivity contribution < 1.29 is 18.7 Å². The summed E-state index contributed by atoms with van der Waals surface area (Å²) in [5.74, 6) is -0.00573. The average Bonchev–Trinajstić information content (AvgIpc) is 2.95. The third kappa shape index (κ3) is 2.74. The van der Waals surface area contributed by atoms with Gasteiger partial charge in [0.2, 0.25) is 0 Å². The summed E-state index contributed by atoms with van der Waals surface area (Å²) >= 11 is 0. The van der Waals surface area contributed by atoms with Gasteiger partial charge >= 0.3 is 5.97 Å². The zero-order valence-corrected chi connectivity index (χ0v) is 13.2. The van der Waals surface area contributed by atoms with Crippen LogP contribution >= 0.6 is 0 Å². The van der Waals surface area contributed by atoms with Gasteiger partial charge in [-0.15, -0.1) is 0 Å². The van der Waals surface area contributed by atoms with Gasteiger partial charge in [-0.2, -0.15) is 0 Å². The number of methoxy groups -OCH3 is 1. The van der Waals surface area contributed by atoms with Crippen molar-refractivity contribution >= 4 is 17.6 Å². The maximum Gasteiger partial charge on any atom is 0.339 e. The minimum absolute atomic E-state index is 0.0996. The fourth-order valence-electron chi connectivity index (χ4n) is 2.82. The normalized spacial score (nSPS) is 14.2. The topological polar surface area (TPSA) is 59.8 Å². The summed E-state index contributed by atoms with van der Waals surface area (Å²) in [7, 11) is 1.34. The summed E-state index contributed by atoms with van der Waals surface area (Å²) in [5, 5.41) is 0. The summed E-state index contributed by atoms with van der Waals surface area (Å²) < 4.78 is 10.1. The molecule has 0 bridgehead atoms. The van der Waals surface area contributed by atoms with Gasteiger partial charge in [0, 0.05) is 6.04 Å². The molecule has 0 spiro atoms. The van der Waals surface area contributed by atoms with E-state index >= 15 is 0 Å². The molecule has 23 heavy (non-hydrogen) atoms. The smallest absolute Gasteiger partial charge is 0.339 e. The third-order valence-corrected chi connectivity index (χ3v) is 4.32. The molecule has 120 valence electrons. The first-order chi connectivity index (χ1) is 11.1. The summed E-state index contributed by atoms with van der Waals surface area (Å²) in [6.07, 6.45) is 4.45. The molecule has 0 N–H and O–H groups in total. The molecule has 5 nitrogen and oxygen atoms in total. The number of hydrogen-bond donors (Lipinski definition) is 0. The van der Waals surface area contributed by atoms with Crippen molar-refractivity contribution in [3.05, 3.63) is 53.5 Å². The van der Waals surface area contributed by atoms with Crippen LogP contribution in [0.3, 0.4) is 0 Å².